The predicted molar refractivity (Wildman–Crippen MR) is 70.6 cm³/mol. The first-order chi connectivity index (χ1) is 9.39. The number of ether oxygens (including phenoxy) is 1. The average Bonchev–Trinajstić information content (AvgIpc) is 3.20. The van der Waals surface area contributed by atoms with E-state index in [9.17, 15) is 13.2 Å². The highest BCUT2D eigenvalue weighted by atomic mass is 19.4. The van der Waals surface area contributed by atoms with Crippen molar-refractivity contribution >= 4 is 0 Å². The molecular formula is C14H19F3N2O. The standard InChI is InChI=1S/C14H19F3N2O/c1-20-12-4-2-3-10(7-12)13(18)8-19(11-5-6-11)9-14(15,16)17/h2-4,7,11,13H,5-6,8-9,18H2,1H3. The minimum atomic E-state index is -4.18. The topological polar surface area (TPSA) is 38.5 Å². The number of hydrogen-bond acceptors (Lipinski definition) is 3. The maximum Gasteiger partial charge on any atom is 0.401 e. The number of hydrogen-bond donors (Lipinski definition) is 1. The monoisotopic (exact) mass is 288 g/mol. The van der Waals surface area contributed by atoms with E-state index < -0.39 is 18.8 Å². The highest BCUT2D eigenvalue weighted by molar-refractivity contribution is 5.30. The molecule has 0 amide bonds. The molecule has 1 atom stereocenters. The van der Waals surface area contributed by atoms with Crippen LogP contribution in [0.2, 0.25) is 0 Å². The van der Waals surface area contributed by atoms with Gasteiger partial charge in [-0.1, -0.05) is 12.1 Å². The van der Waals surface area contributed by atoms with Gasteiger partial charge in [0, 0.05) is 18.6 Å². The number of alkyl halides is 3. The minimum Gasteiger partial charge on any atom is -0.497 e. The highest BCUT2D eigenvalue weighted by Gasteiger charge is 2.38. The van der Waals surface area contributed by atoms with Crippen LogP contribution < -0.4 is 10.5 Å². The summed E-state index contributed by atoms with van der Waals surface area (Å²) in [6.07, 6.45) is -2.54. The van der Waals surface area contributed by atoms with E-state index in [1.54, 1.807) is 25.3 Å². The van der Waals surface area contributed by atoms with E-state index in [0.29, 0.717) is 5.75 Å². The minimum absolute atomic E-state index is 0.0216. The fourth-order valence-corrected chi connectivity index (χ4v) is 2.24. The van der Waals surface area contributed by atoms with Crippen molar-refractivity contribution in [2.75, 3.05) is 20.2 Å². The van der Waals surface area contributed by atoms with Gasteiger partial charge in [-0.15, -0.1) is 0 Å². The molecule has 3 nitrogen and oxygen atoms in total. The Bertz CT molecular complexity index is 446. The summed E-state index contributed by atoms with van der Waals surface area (Å²) in [4.78, 5) is 1.43. The number of nitrogens with two attached hydrogens (primary N) is 1. The van der Waals surface area contributed by atoms with Gasteiger partial charge in [0.05, 0.1) is 13.7 Å². The molecule has 0 radical (unpaired) electrons. The average molecular weight is 288 g/mol. The van der Waals surface area contributed by atoms with Crippen molar-refractivity contribution in [3.8, 4) is 5.75 Å². The lowest BCUT2D eigenvalue weighted by atomic mass is 10.1. The van der Waals surface area contributed by atoms with Gasteiger partial charge < -0.3 is 10.5 Å². The maximum atomic E-state index is 12.6. The van der Waals surface area contributed by atoms with Gasteiger partial charge in [0.2, 0.25) is 0 Å². The van der Waals surface area contributed by atoms with Gasteiger partial charge in [0.1, 0.15) is 5.75 Å². The number of rotatable bonds is 6. The lowest BCUT2D eigenvalue weighted by molar-refractivity contribution is -0.147. The number of benzene rings is 1. The number of nitrogens with zero attached hydrogens (tertiary/aromatic N) is 1. The normalized spacial score (nSPS) is 17.3. The fraction of sp³-hybridized carbons (Fsp3) is 0.571. The van der Waals surface area contributed by atoms with Crippen LogP contribution in [0.25, 0.3) is 0 Å². The smallest absolute Gasteiger partial charge is 0.401 e. The molecule has 1 aliphatic carbocycles. The Morgan fingerprint density at radius 1 is 1.40 bits per heavy atom. The van der Waals surface area contributed by atoms with E-state index in [1.807, 2.05) is 6.07 Å². The highest BCUT2D eigenvalue weighted by Crippen LogP contribution is 2.31. The summed E-state index contributed by atoms with van der Waals surface area (Å²) in [6, 6.07) is 6.72. The van der Waals surface area contributed by atoms with Gasteiger partial charge in [0.15, 0.2) is 0 Å². The molecule has 0 aliphatic heterocycles. The number of methoxy groups -OCH3 is 1. The summed E-state index contributed by atoms with van der Waals surface area (Å²) in [5, 5.41) is 0. The van der Waals surface area contributed by atoms with E-state index in [-0.39, 0.29) is 12.6 Å². The lowest BCUT2D eigenvalue weighted by Crippen LogP contribution is -2.40. The second kappa shape index (κ2) is 6.01. The Balaban J connectivity index is 2.02. The summed E-state index contributed by atoms with van der Waals surface area (Å²) in [7, 11) is 1.55. The van der Waals surface area contributed by atoms with Crippen LogP contribution in [0.1, 0.15) is 24.4 Å². The molecule has 0 bridgehead atoms. The van der Waals surface area contributed by atoms with Gasteiger partial charge in [-0.3, -0.25) is 4.90 Å². The lowest BCUT2D eigenvalue weighted by Gasteiger charge is -2.26. The van der Waals surface area contributed by atoms with Crippen LogP contribution >= 0.6 is 0 Å². The zero-order valence-corrected chi connectivity index (χ0v) is 11.4. The Morgan fingerprint density at radius 3 is 2.65 bits per heavy atom. The van der Waals surface area contributed by atoms with Gasteiger partial charge >= 0.3 is 6.18 Å². The zero-order valence-electron chi connectivity index (χ0n) is 11.4. The maximum absolute atomic E-state index is 12.6. The third kappa shape index (κ3) is 4.38. The Morgan fingerprint density at radius 2 is 2.10 bits per heavy atom. The summed E-state index contributed by atoms with van der Waals surface area (Å²) in [6.45, 7) is -0.688. The molecule has 1 aliphatic rings. The van der Waals surface area contributed by atoms with Crippen LogP contribution in [0.4, 0.5) is 13.2 Å². The summed E-state index contributed by atoms with van der Waals surface area (Å²) >= 11 is 0. The molecule has 6 heteroatoms. The van der Waals surface area contributed by atoms with Crippen LogP contribution in [0.15, 0.2) is 24.3 Å². The first-order valence-corrected chi connectivity index (χ1v) is 6.59. The molecule has 1 unspecified atom stereocenters. The molecule has 112 valence electrons. The Labute approximate surface area is 116 Å². The molecule has 0 heterocycles. The third-order valence-electron chi connectivity index (χ3n) is 3.40. The summed E-state index contributed by atoms with van der Waals surface area (Å²) in [5.41, 5.74) is 6.83. The van der Waals surface area contributed by atoms with Crippen molar-refractivity contribution in [1.82, 2.24) is 4.90 Å². The van der Waals surface area contributed by atoms with Gasteiger partial charge in [-0.25, -0.2) is 0 Å². The second-order valence-electron chi connectivity index (χ2n) is 5.16. The molecule has 2 rings (SSSR count). The Hall–Kier alpha value is -1.27. The molecule has 0 spiro atoms. The molecule has 0 aromatic heterocycles. The van der Waals surface area contributed by atoms with Crippen molar-refractivity contribution in [3.05, 3.63) is 29.8 Å². The predicted octanol–water partition coefficient (Wildman–Crippen LogP) is 2.72. The zero-order chi connectivity index (χ0) is 14.8. The van der Waals surface area contributed by atoms with Gasteiger partial charge in [-0.05, 0) is 30.5 Å². The van der Waals surface area contributed by atoms with E-state index in [4.69, 9.17) is 10.5 Å². The third-order valence-corrected chi connectivity index (χ3v) is 3.40. The van der Waals surface area contributed by atoms with E-state index in [1.165, 1.54) is 4.90 Å². The fourth-order valence-electron chi connectivity index (χ4n) is 2.24. The van der Waals surface area contributed by atoms with Crippen LogP contribution in [0.3, 0.4) is 0 Å². The SMILES string of the molecule is COc1cccc(C(N)CN(CC(F)(F)F)C2CC2)c1. The molecule has 1 saturated carbocycles. The first-order valence-electron chi connectivity index (χ1n) is 6.59. The van der Waals surface area contributed by atoms with Crippen molar-refractivity contribution in [3.63, 3.8) is 0 Å². The quantitative estimate of drug-likeness (QED) is 0.874. The second-order valence-corrected chi connectivity index (χ2v) is 5.16. The first kappa shape index (κ1) is 15.1. The van der Waals surface area contributed by atoms with Gasteiger partial charge in [0.25, 0.3) is 0 Å². The van der Waals surface area contributed by atoms with Crippen LogP contribution in [-0.2, 0) is 0 Å². The molecule has 2 N–H and O–H groups in total. The van der Waals surface area contributed by atoms with Crippen LogP contribution in [0, 0.1) is 0 Å². The van der Waals surface area contributed by atoms with E-state index in [2.05, 4.69) is 0 Å². The summed E-state index contributed by atoms with van der Waals surface area (Å²) in [5.74, 6) is 0.659. The molecule has 20 heavy (non-hydrogen) atoms. The van der Waals surface area contributed by atoms with Crippen LogP contribution in [-0.4, -0.2) is 37.3 Å². The molecule has 1 aromatic carbocycles. The molecular weight excluding hydrogens is 269 g/mol. The van der Waals surface area contributed by atoms with E-state index in [0.717, 1.165) is 18.4 Å². The van der Waals surface area contributed by atoms with Crippen molar-refractivity contribution in [2.24, 2.45) is 5.73 Å². The Kier molecular flexibility index (Phi) is 4.55. The molecule has 1 fully saturated rings. The van der Waals surface area contributed by atoms with Crippen molar-refractivity contribution in [1.29, 1.82) is 0 Å². The molecule has 0 saturated heterocycles. The largest absolute Gasteiger partial charge is 0.497 e. The number of halogens is 3. The summed E-state index contributed by atoms with van der Waals surface area (Å²) < 4.78 is 42.8. The van der Waals surface area contributed by atoms with Crippen LogP contribution in [0.5, 0.6) is 5.75 Å². The van der Waals surface area contributed by atoms with Crippen molar-refractivity contribution < 1.29 is 17.9 Å². The molecule has 1 aromatic rings. The van der Waals surface area contributed by atoms with Crippen molar-refractivity contribution in [2.45, 2.75) is 31.1 Å². The van der Waals surface area contributed by atoms with E-state index >= 15 is 0 Å². The van der Waals surface area contributed by atoms with Gasteiger partial charge in [-0.2, -0.15) is 13.2 Å².